The van der Waals surface area contributed by atoms with Gasteiger partial charge in [0.1, 0.15) is 17.6 Å². The molecule has 1 aliphatic heterocycles. The Balaban J connectivity index is 0.00000128. The molecule has 0 radical (unpaired) electrons. The lowest BCUT2D eigenvalue weighted by molar-refractivity contribution is 0.0728. The van der Waals surface area contributed by atoms with Gasteiger partial charge in [-0.3, -0.25) is 4.90 Å². The lowest BCUT2D eigenvalue weighted by Gasteiger charge is -2.30. The molecular formula is C11H12Cl2N2O. The predicted molar refractivity (Wildman–Crippen MR) is 66.1 cm³/mol. The lowest BCUT2D eigenvalue weighted by Crippen LogP contribution is -2.39. The van der Waals surface area contributed by atoms with Crippen LogP contribution < -0.4 is 4.74 Å². The third kappa shape index (κ3) is 3.02. The van der Waals surface area contributed by atoms with Gasteiger partial charge in [-0.15, -0.1) is 18.8 Å². The molecule has 1 aliphatic rings. The fraction of sp³-hybridized carbons (Fsp3) is 0.364. The van der Waals surface area contributed by atoms with Crippen molar-refractivity contribution in [2.75, 3.05) is 19.8 Å². The first-order chi connectivity index (χ1) is 7.29. The van der Waals surface area contributed by atoms with E-state index in [0.717, 1.165) is 13.1 Å². The zero-order valence-electron chi connectivity index (χ0n) is 8.65. The van der Waals surface area contributed by atoms with Crippen LogP contribution in [0.15, 0.2) is 12.3 Å². The Hall–Kier alpha value is -0.950. The second kappa shape index (κ2) is 5.95. The van der Waals surface area contributed by atoms with Gasteiger partial charge in [0.05, 0.1) is 11.8 Å². The summed E-state index contributed by atoms with van der Waals surface area (Å²) in [7, 11) is 0. The first-order valence-electron chi connectivity index (χ1n) is 4.77. The number of aromatic nitrogens is 1. The zero-order chi connectivity index (χ0) is 10.7. The number of hydrogen-bond donors (Lipinski definition) is 0. The normalized spacial score (nSPS) is 14.5. The fourth-order valence-electron chi connectivity index (χ4n) is 1.29. The molecule has 16 heavy (non-hydrogen) atoms. The molecule has 0 aromatic carbocycles. The van der Waals surface area contributed by atoms with Gasteiger partial charge >= 0.3 is 0 Å². The molecule has 5 heteroatoms. The maximum atomic E-state index is 5.78. The Morgan fingerprint density at radius 2 is 2.31 bits per heavy atom. The molecule has 0 aliphatic carbocycles. The summed E-state index contributed by atoms with van der Waals surface area (Å²) >= 11 is 5.78. The minimum Gasteiger partial charge on any atom is -0.476 e. The van der Waals surface area contributed by atoms with Crippen LogP contribution in [0.5, 0.6) is 5.75 Å². The van der Waals surface area contributed by atoms with Gasteiger partial charge in [-0.05, 0) is 6.42 Å². The van der Waals surface area contributed by atoms with Crippen molar-refractivity contribution in [1.29, 1.82) is 0 Å². The molecule has 2 heterocycles. The van der Waals surface area contributed by atoms with Crippen LogP contribution in [0.2, 0.25) is 5.15 Å². The highest BCUT2D eigenvalue weighted by molar-refractivity contribution is 6.30. The van der Waals surface area contributed by atoms with Gasteiger partial charge in [0.25, 0.3) is 0 Å². The van der Waals surface area contributed by atoms with E-state index in [1.165, 1.54) is 6.42 Å². The van der Waals surface area contributed by atoms with Crippen molar-refractivity contribution in [2.24, 2.45) is 0 Å². The summed E-state index contributed by atoms with van der Waals surface area (Å²) in [6.45, 7) is 2.79. The molecule has 86 valence electrons. The van der Waals surface area contributed by atoms with Gasteiger partial charge in [0.2, 0.25) is 0 Å². The number of nitrogens with zero attached hydrogens (tertiary/aromatic N) is 2. The standard InChI is InChI=1S/C11H11ClN2O.ClH/c1-2-9-6-10(7-13-11(9)12)15-8-14-4-3-5-14;/h1,6-7H,3-5,8H2;1H. The van der Waals surface area contributed by atoms with Crippen molar-refractivity contribution in [2.45, 2.75) is 6.42 Å². The van der Waals surface area contributed by atoms with E-state index >= 15 is 0 Å². The molecule has 2 rings (SSSR count). The second-order valence-corrected chi connectivity index (χ2v) is 3.76. The topological polar surface area (TPSA) is 25.4 Å². The van der Waals surface area contributed by atoms with Crippen molar-refractivity contribution in [3.05, 3.63) is 23.0 Å². The van der Waals surface area contributed by atoms with Crippen molar-refractivity contribution in [3.8, 4) is 18.1 Å². The fourth-order valence-corrected chi connectivity index (χ4v) is 1.44. The Morgan fingerprint density at radius 3 is 2.88 bits per heavy atom. The van der Waals surface area contributed by atoms with E-state index < -0.39 is 0 Å². The highest BCUT2D eigenvalue weighted by atomic mass is 35.5. The number of hydrogen-bond acceptors (Lipinski definition) is 3. The van der Waals surface area contributed by atoms with Gasteiger partial charge in [0, 0.05) is 19.2 Å². The first kappa shape index (κ1) is 13.1. The number of rotatable bonds is 3. The lowest BCUT2D eigenvalue weighted by atomic mass is 10.2. The van der Waals surface area contributed by atoms with E-state index in [1.54, 1.807) is 12.3 Å². The van der Waals surface area contributed by atoms with E-state index in [-0.39, 0.29) is 12.4 Å². The molecule has 3 nitrogen and oxygen atoms in total. The van der Waals surface area contributed by atoms with Crippen LogP contribution in [0.1, 0.15) is 12.0 Å². The molecule has 0 bridgehead atoms. The maximum absolute atomic E-state index is 5.78. The Labute approximate surface area is 106 Å². The molecule has 0 amide bonds. The van der Waals surface area contributed by atoms with Crippen molar-refractivity contribution < 1.29 is 4.74 Å². The van der Waals surface area contributed by atoms with Gasteiger partial charge in [-0.2, -0.15) is 0 Å². The summed E-state index contributed by atoms with van der Waals surface area (Å²) in [5.41, 5.74) is 0.567. The highest BCUT2D eigenvalue weighted by Gasteiger charge is 2.13. The van der Waals surface area contributed by atoms with E-state index in [2.05, 4.69) is 15.8 Å². The van der Waals surface area contributed by atoms with Crippen LogP contribution in [0.3, 0.4) is 0 Å². The number of terminal acetylenes is 1. The third-order valence-corrected chi connectivity index (χ3v) is 2.63. The molecule has 1 aromatic heterocycles. The van der Waals surface area contributed by atoms with E-state index in [4.69, 9.17) is 22.8 Å². The molecule has 0 atom stereocenters. The summed E-state index contributed by atoms with van der Waals surface area (Å²) in [6.07, 6.45) is 8.11. The minimum atomic E-state index is 0. The minimum absolute atomic E-state index is 0. The van der Waals surface area contributed by atoms with E-state index in [0.29, 0.717) is 23.2 Å². The highest BCUT2D eigenvalue weighted by Crippen LogP contribution is 2.18. The predicted octanol–water partition coefficient (Wildman–Crippen LogP) is 2.18. The third-order valence-electron chi connectivity index (χ3n) is 2.33. The molecule has 1 aromatic rings. The first-order valence-corrected chi connectivity index (χ1v) is 5.14. The summed E-state index contributed by atoms with van der Waals surface area (Å²) in [6, 6.07) is 1.73. The monoisotopic (exact) mass is 258 g/mol. The average molecular weight is 259 g/mol. The van der Waals surface area contributed by atoms with Crippen LogP contribution in [-0.4, -0.2) is 29.7 Å². The summed E-state index contributed by atoms with van der Waals surface area (Å²) < 4.78 is 5.52. The van der Waals surface area contributed by atoms with Crippen LogP contribution in [0.4, 0.5) is 0 Å². The Kier molecular flexibility index (Phi) is 4.88. The van der Waals surface area contributed by atoms with E-state index in [9.17, 15) is 0 Å². The summed E-state index contributed by atoms with van der Waals surface area (Å²) in [4.78, 5) is 6.15. The average Bonchev–Trinajstić information content (AvgIpc) is 2.18. The molecule has 0 spiro atoms. The number of halogens is 2. The van der Waals surface area contributed by atoms with Gasteiger partial charge in [-0.25, -0.2) is 4.98 Å². The van der Waals surface area contributed by atoms with Gasteiger partial charge < -0.3 is 4.74 Å². The molecule has 1 saturated heterocycles. The number of ether oxygens (including phenoxy) is 1. The Morgan fingerprint density at radius 1 is 1.56 bits per heavy atom. The quantitative estimate of drug-likeness (QED) is 0.614. The van der Waals surface area contributed by atoms with Crippen molar-refractivity contribution in [1.82, 2.24) is 9.88 Å². The van der Waals surface area contributed by atoms with Gasteiger partial charge in [-0.1, -0.05) is 17.5 Å². The van der Waals surface area contributed by atoms with E-state index in [1.807, 2.05) is 0 Å². The number of pyridine rings is 1. The molecule has 0 saturated carbocycles. The van der Waals surface area contributed by atoms with Crippen LogP contribution in [-0.2, 0) is 0 Å². The molecular weight excluding hydrogens is 247 g/mol. The summed E-state index contributed by atoms with van der Waals surface area (Å²) in [5, 5.41) is 0.341. The van der Waals surface area contributed by atoms with Crippen molar-refractivity contribution in [3.63, 3.8) is 0 Å². The smallest absolute Gasteiger partial charge is 0.144 e. The van der Waals surface area contributed by atoms with Gasteiger partial charge in [0.15, 0.2) is 0 Å². The van der Waals surface area contributed by atoms with Crippen LogP contribution in [0, 0.1) is 12.3 Å². The van der Waals surface area contributed by atoms with Crippen LogP contribution in [0.25, 0.3) is 0 Å². The largest absolute Gasteiger partial charge is 0.476 e. The van der Waals surface area contributed by atoms with Crippen LogP contribution >= 0.6 is 24.0 Å². The van der Waals surface area contributed by atoms with Crippen molar-refractivity contribution >= 4 is 24.0 Å². The maximum Gasteiger partial charge on any atom is 0.144 e. The zero-order valence-corrected chi connectivity index (χ0v) is 10.2. The second-order valence-electron chi connectivity index (χ2n) is 3.40. The summed E-state index contributed by atoms with van der Waals surface area (Å²) in [5.74, 6) is 3.13. The number of likely N-dealkylation sites (tertiary alicyclic amines) is 1. The SMILES string of the molecule is C#Cc1cc(OCN2CCC2)cnc1Cl.Cl. The molecule has 1 fully saturated rings. The Bertz CT molecular complexity index is 399. The molecule has 0 unspecified atom stereocenters. The molecule has 0 N–H and O–H groups in total.